The van der Waals surface area contributed by atoms with Gasteiger partial charge in [0, 0.05) is 13.7 Å². The summed E-state index contributed by atoms with van der Waals surface area (Å²) in [6, 6.07) is 16.9. The lowest BCUT2D eigenvalue weighted by molar-refractivity contribution is -0.137. The Morgan fingerprint density at radius 2 is 1.95 bits per heavy atom. The van der Waals surface area contributed by atoms with Crippen molar-refractivity contribution in [3.63, 3.8) is 0 Å². The number of amides is 1. The minimum absolute atomic E-state index is 0.0609. The van der Waals surface area contributed by atoms with Gasteiger partial charge in [-0.15, -0.1) is 0 Å². The third kappa shape index (κ3) is 2.64. The van der Waals surface area contributed by atoms with E-state index >= 15 is 0 Å². The van der Waals surface area contributed by atoms with Crippen molar-refractivity contribution < 1.29 is 9.53 Å². The van der Waals surface area contributed by atoms with E-state index in [2.05, 4.69) is 49.4 Å². The van der Waals surface area contributed by atoms with Crippen molar-refractivity contribution in [3.05, 3.63) is 59.7 Å². The molecule has 1 atom stereocenters. The van der Waals surface area contributed by atoms with Crippen molar-refractivity contribution in [2.75, 3.05) is 20.3 Å². The number of hydrogen-bond donors (Lipinski definition) is 0. The molecule has 0 unspecified atom stereocenters. The Bertz CT molecular complexity index is 666. The fourth-order valence-electron chi connectivity index (χ4n) is 3.30. The van der Waals surface area contributed by atoms with Gasteiger partial charge in [-0.3, -0.25) is 4.79 Å². The van der Waals surface area contributed by atoms with Crippen LogP contribution in [0.4, 0.5) is 0 Å². The van der Waals surface area contributed by atoms with Crippen molar-refractivity contribution in [1.82, 2.24) is 4.90 Å². The third-order valence-electron chi connectivity index (χ3n) is 4.41. The lowest BCUT2D eigenvalue weighted by Gasteiger charge is -2.36. The maximum absolute atomic E-state index is 12.2. The zero-order chi connectivity index (χ0) is 15.5. The van der Waals surface area contributed by atoms with Crippen LogP contribution in [0.2, 0.25) is 0 Å². The predicted octanol–water partition coefficient (Wildman–Crippen LogP) is 3.45. The summed E-state index contributed by atoms with van der Waals surface area (Å²) in [5.74, 6) is 0.0609. The number of rotatable bonds is 3. The van der Waals surface area contributed by atoms with E-state index in [1.54, 1.807) is 7.11 Å². The van der Waals surface area contributed by atoms with Crippen LogP contribution >= 0.6 is 0 Å². The van der Waals surface area contributed by atoms with Crippen molar-refractivity contribution in [1.29, 1.82) is 0 Å². The summed E-state index contributed by atoms with van der Waals surface area (Å²) in [6.45, 7) is 3.00. The van der Waals surface area contributed by atoms with E-state index in [9.17, 15) is 4.79 Å². The molecule has 2 aromatic carbocycles. The number of ether oxygens (including phenoxy) is 1. The monoisotopic (exact) mass is 295 g/mol. The zero-order valence-corrected chi connectivity index (χ0v) is 13.1. The topological polar surface area (TPSA) is 29.5 Å². The second-order valence-corrected chi connectivity index (χ2v) is 5.69. The van der Waals surface area contributed by atoms with Gasteiger partial charge in [0.25, 0.3) is 0 Å². The molecule has 1 heterocycles. The van der Waals surface area contributed by atoms with Gasteiger partial charge in [0.2, 0.25) is 5.91 Å². The van der Waals surface area contributed by atoms with Crippen LogP contribution in [0.25, 0.3) is 11.1 Å². The Morgan fingerprint density at radius 3 is 2.68 bits per heavy atom. The van der Waals surface area contributed by atoms with Crippen LogP contribution in [0.15, 0.2) is 48.5 Å². The van der Waals surface area contributed by atoms with Crippen molar-refractivity contribution in [2.45, 2.75) is 19.4 Å². The first-order valence-corrected chi connectivity index (χ1v) is 7.68. The molecular formula is C19H21NO2. The normalized spacial score (nSPS) is 17.2. The maximum Gasteiger partial charge on any atom is 0.249 e. The molecule has 0 N–H and O–H groups in total. The number of carbonyl (C=O) groups excluding carboxylic acids is 1. The zero-order valence-electron chi connectivity index (χ0n) is 13.1. The second kappa shape index (κ2) is 6.32. The molecule has 3 nitrogen and oxygen atoms in total. The summed E-state index contributed by atoms with van der Waals surface area (Å²) in [5, 5.41) is 0. The molecule has 3 rings (SSSR count). The van der Waals surface area contributed by atoms with E-state index in [0.717, 1.165) is 13.0 Å². The Balaban J connectivity index is 1.98. The largest absolute Gasteiger partial charge is 0.375 e. The number of benzene rings is 2. The Labute approximate surface area is 131 Å². The van der Waals surface area contributed by atoms with Crippen LogP contribution in [0, 0.1) is 0 Å². The minimum Gasteiger partial charge on any atom is -0.375 e. The molecule has 0 saturated carbocycles. The van der Waals surface area contributed by atoms with E-state index in [-0.39, 0.29) is 18.6 Å². The predicted molar refractivity (Wildman–Crippen MR) is 87.6 cm³/mol. The van der Waals surface area contributed by atoms with Gasteiger partial charge in [0.1, 0.15) is 6.61 Å². The van der Waals surface area contributed by atoms with Crippen LogP contribution in [0.1, 0.15) is 24.1 Å². The Kier molecular flexibility index (Phi) is 4.25. The molecule has 0 radical (unpaired) electrons. The van der Waals surface area contributed by atoms with E-state index in [1.165, 1.54) is 22.3 Å². The van der Waals surface area contributed by atoms with Gasteiger partial charge in [-0.2, -0.15) is 0 Å². The summed E-state index contributed by atoms with van der Waals surface area (Å²) in [7, 11) is 1.56. The van der Waals surface area contributed by atoms with Gasteiger partial charge in [-0.05, 0) is 35.6 Å². The summed E-state index contributed by atoms with van der Waals surface area (Å²) >= 11 is 0. The SMILES string of the molecule is COCC(=O)N1CCc2c(-c3ccccc3)cccc2[C@H]1C. The first kappa shape index (κ1) is 14.8. The second-order valence-electron chi connectivity index (χ2n) is 5.69. The molecule has 0 aromatic heterocycles. The quantitative estimate of drug-likeness (QED) is 0.868. The average Bonchev–Trinajstić information content (AvgIpc) is 2.56. The average molecular weight is 295 g/mol. The molecule has 0 spiro atoms. The van der Waals surface area contributed by atoms with Crippen LogP contribution in [-0.4, -0.2) is 31.1 Å². The highest BCUT2D eigenvalue weighted by atomic mass is 16.5. The van der Waals surface area contributed by atoms with Crippen molar-refractivity contribution >= 4 is 5.91 Å². The molecule has 114 valence electrons. The van der Waals surface area contributed by atoms with Gasteiger partial charge in [0.05, 0.1) is 6.04 Å². The third-order valence-corrected chi connectivity index (χ3v) is 4.41. The summed E-state index contributed by atoms with van der Waals surface area (Å²) < 4.78 is 4.99. The van der Waals surface area contributed by atoms with Gasteiger partial charge < -0.3 is 9.64 Å². The Morgan fingerprint density at radius 1 is 1.18 bits per heavy atom. The first-order valence-electron chi connectivity index (χ1n) is 7.68. The van der Waals surface area contributed by atoms with E-state index in [0.29, 0.717) is 0 Å². The number of carbonyl (C=O) groups is 1. The lowest BCUT2D eigenvalue weighted by atomic mass is 9.87. The van der Waals surface area contributed by atoms with E-state index < -0.39 is 0 Å². The van der Waals surface area contributed by atoms with E-state index in [1.807, 2.05) is 11.0 Å². The molecule has 22 heavy (non-hydrogen) atoms. The number of hydrogen-bond acceptors (Lipinski definition) is 2. The highest BCUT2D eigenvalue weighted by Gasteiger charge is 2.28. The van der Waals surface area contributed by atoms with Crippen LogP contribution < -0.4 is 0 Å². The minimum atomic E-state index is 0.0609. The van der Waals surface area contributed by atoms with Crippen molar-refractivity contribution in [3.8, 4) is 11.1 Å². The molecule has 2 aromatic rings. The maximum atomic E-state index is 12.2. The smallest absolute Gasteiger partial charge is 0.249 e. The molecule has 1 aliphatic rings. The molecular weight excluding hydrogens is 274 g/mol. The number of fused-ring (bicyclic) bond motifs is 1. The standard InChI is InChI=1S/C19H21NO2/c1-14-16-9-6-10-17(15-7-4-3-5-8-15)18(16)11-12-20(14)19(21)13-22-2/h3-10,14H,11-13H2,1-2H3/t14-/m1/s1. The highest BCUT2D eigenvalue weighted by Crippen LogP contribution is 2.35. The van der Waals surface area contributed by atoms with Gasteiger partial charge >= 0.3 is 0 Å². The van der Waals surface area contributed by atoms with Gasteiger partial charge in [-0.25, -0.2) is 0 Å². The Hall–Kier alpha value is -2.13. The number of nitrogens with zero attached hydrogens (tertiary/aromatic N) is 1. The molecule has 1 aliphatic heterocycles. The van der Waals surface area contributed by atoms with Crippen LogP contribution in [0.5, 0.6) is 0 Å². The van der Waals surface area contributed by atoms with Gasteiger partial charge in [0.15, 0.2) is 0 Å². The fraction of sp³-hybridized carbons (Fsp3) is 0.316. The first-order chi connectivity index (χ1) is 10.7. The van der Waals surface area contributed by atoms with Crippen molar-refractivity contribution in [2.24, 2.45) is 0 Å². The van der Waals surface area contributed by atoms with Crippen LogP contribution in [0.3, 0.4) is 0 Å². The molecule has 1 amide bonds. The molecule has 0 fully saturated rings. The summed E-state index contributed by atoms with van der Waals surface area (Å²) in [5.41, 5.74) is 5.13. The number of methoxy groups -OCH3 is 1. The van der Waals surface area contributed by atoms with E-state index in [4.69, 9.17) is 4.74 Å². The molecule has 0 aliphatic carbocycles. The molecule has 3 heteroatoms. The van der Waals surface area contributed by atoms with Gasteiger partial charge in [-0.1, -0.05) is 48.5 Å². The molecule has 0 bridgehead atoms. The summed E-state index contributed by atoms with van der Waals surface area (Å²) in [6.07, 6.45) is 0.889. The highest BCUT2D eigenvalue weighted by molar-refractivity contribution is 5.79. The fourth-order valence-corrected chi connectivity index (χ4v) is 3.30. The molecule has 0 saturated heterocycles. The lowest BCUT2D eigenvalue weighted by Crippen LogP contribution is -2.40. The summed E-state index contributed by atoms with van der Waals surface area (Å²) in [4.78, 5) is 14.1. The van der Waals surface area contributed by atoms with Crippen LogP contribution in [-0.2, 0) is 16.0 Å².